The summed E-state index contributed by atoms with van der Waals surface area (Å²) in [5.74, 6) is 2.13. The molecule has 0 bridgehead atoms. The molecule has 0 fully saturated rings. The van der Waals surface area contributed by atoms with Crippen molar-refractivity contribution in [3.8, 4) is 0 Å². The molecule has 1 aromatic rings. The molecule has 1 rings (SSSR count). The van der Waals surface area contributed by atoms with E-state index in [1.807, 2.05) is 12.1 Å². The van der Waals surface area contributed by atoms with E-state index >= 15 is 0 Å². The summed E-state index contributed by atoms with van der Waals surface area (Å²) in [4.78, 5) is 0. The molecule has 7 heavy (non-hydrogen) atoms. The maximum atomic E-state index is 5.01. The second-order valence-electron chi connectivity index (χ2n) is 1.14. The molecule has 0 spiro atoms. The summed E-state index contributed by atoms with van der Waals surface area (Å²) in [7, 11) is 0. The van der Waals surface area contributed by atoms with Crippen molar-refractivity contribution in [2.24, 2.45) is 0 Å². The molecule has 38 valence electrons. The molecule has 0 atom stereocenters. The molecule has 2 heteroatoms. The predicted octanol–water partition coefficient (Wildman–Crippen LogP) is 0.657. The molecule has 0 saturated carbocycles. The van der Waals surface area contributed by atoms with Crippen LogP contribution in [-0.4, -0.2) is 15.0 Å². The first-order chi connectivity index (χ1) is 3.43. The zero-order valence-corrected chi connectivity index (χ0v) is 5.76. The van der Waals surface area contributed by atoms with E-state index in [0.29, 0.717) is 15.0 Å². The molecule has 0 aliphatic rings. The second-order valence-corrected chi connectivity index (χ2v) is 2.84. The third kappa shape index (κ3) is 1.08. The van der Waals surface area contributed by atoms with Gasteiger partial charge < -0.3 is 0 Å². The predicted molar refractivity (Wildman–Crippen MR) is 30.0 cm³/mol. The van der Waals surface area contributed by atoms with Crippen molar-refractivity contribution in [3.05, 3.63) is 18.4 Å². The Morgan fingerprint density at radius 3 is 2.86 bits per heavy atom. The van der Waals surface area contributed by atoms with E-state index in [9.17, 15) is 0 Å². The normalized spacial score (nSPS) is 9.29. The van der Waals surface area contributed by atoms with Crippen LogP contribution in [0, 0.1) is 0 Å². The summed E-state index contributed by atoms with van der Waals surface area (Å²) in [6.45, 7) is 0. The molecule has 0 radical (unpaired) electrons. The van der Waals surface area contributed by atoms with Gasteiger partial charge in [0.15, 0.2) is 0 Å². The molecule has 0 amide bonds. The van der Waals surface area contributed by atoms with Crippen LogP contribution >= 0.6 is 0 Å². The van der Waals surface area contributed by atoms with E-state index in [0.717, 1.165) is 4.66 Å². The van der Waals surface area contributed by atoms with Gasteiger partial charge in [-0.2, -0.15) is 0 Å². The number of hydrogen-bond acceptors (Lipinski definition) is 1. The first-order valence-electron chi connectivity index (χ1n) is 2.01. The molecule has 1 nitrogen and oxygen atoms in total. The standard InChI is InChI=1S/C5H6OSe/c1-7-5-3-2-4-6-5/h2-4H,1H3. The Hall–Kier alpha value is -0.201. The average Bonchev–Trinajstić information content (AvgIpc) is 2.14. The fourth-order valence-corrected chi connectivity index (χ4v) is 1.15. The molecule has 0 aromatic carbocycles. The molecule has 0 unspecified atom stereocenters. The van der Waals surface area contributed by atoms with Crippen molar-refractivity contribution in [1.29, 1.82) is 0 Å². The van der Waals surface area contributed by atoms with Crippen LogP contribution in [0.25, 0.3) is 0 Å². The van der Waals surface area contributed by atoms with E-state index in [-0.39, 0.29) is 0 Å². The third-order valence-corrected chi connectivity index (χ3v) is 2.03. The Labute approximate surface area is 48.9 Å². The van der Waals surface area contributed by atoms with Crippen LogP contribution in [0.15, 0.2) is 22.8 Å². The maximum absolute atomic E-state index is 5.01. The van der Waals surface area contributed by atoms with Gasteiger partial charge in [-0.25, -0.2) is 0 Å². The monoisotopic (exact) mass is 162 g/mol. The summed E-state index contributed by atoms with van der Waals surface area (Å²) in [6.07, 6.45) is 1.71. The molecular formula is C5H6OSe. The Morgan fingerprint density at radius 1 is 1.71 bits per heavy atom. The van der Waals surface area contributed by atoms with Gasteiger partial charge in [-0.05, 0) is 0 Å². The van der Waals surface area contributed by atoms with Crippen molar-refractivity contribution in [2.45, 2.75) is 5.82 Å². The van der Waals surface area contributed by atoms with E-state index in [1.54, 1.807) is 6.26 Å². The summed E-state index contributed by atoms with van der Waals surface area (Å²) in [5, 5.41) is 0. The van der Waals surface area contributed by atoms with Gasteiger partial charge in [-0.15, -0.1) is 0 Å². The van der Waals surface area contributed by atoms with Crippen LogP contribution in [0.4, 0.5) is 0 Å². The molecule has 1 aromatic heterocycles. The van der Waals surface area contributed by atoms with Crippen molar-refractivity contribution in [2.75, 3.05) is 0 Å². The van der Waals surface area contributed by atoms with Gasteiger partial charge in [0.25, 0.3) is 0 Å². The molecule has 0 aliphatic carbocycles. The second kappa shape index (κ2) is 2.20. The fraction of sp³-hybridized carbons (Fsp3) is 0.200. The average molecular weight is 161 g/mol. The minimum atomic E-state index is 0.531. The fourth-order valence-electron chi connectivity index (χ4n) is 0.380. The quantitative estimate of drug-likeness (QED) is 0.551. The number of rotatable bonds is 1. The SMILES string of the molecule is C[Se]c1ccco1. The molecule has 0 N–H and O–H groups in total. The first-order valence-corrected chi connectivity index (χ1v) is 4.58. The zero-order chi connectivity index (χ0) is 5.11. The molecule has 1 heterocycles. The van der Waals surface area contributed by atoms with Gasteiger partial charge in [-0.3, -0.25) is 0 Å². The molecule has 0 aliphatic heterocycles. The Balaban J connectivity index is 2.76. The molecule has 0 saturated heterocycles. The summed E-state index contributed by atoms with van der Waals surface area (Å²) in [5.41, 5.74) is 0. The Kier molecular flexibility index (Phi) is 1.55. The Bertz CT molecular complexity index is 123. The third-order valence-electron chi connectivity index (χ3n) is 0.696. The first kappa shape index (κ1) is 4.95. The van der Waals surface area contributed by atoms with Crippen LogP contribution in [-0.2, 0) is 0 Å². The van der Waals surface area contributed by atoms with Gasteiger partial charge in [0.1, 0.15) is 0 Å². The topological polar surface area (TPSA) is 13.1 Å². The summed E-state index contributed by atoms with van der Waals surface area (Å²) >= 11 is 0.531. The summed E-state index contributed by atoms with van der Waals surface area (Å²) in [6, 6.07) is 3.92. The zero-order valence-electron chi connectivity index (χ0n) is 4.05. The van der Waals surface area contributed by atoms with Crippen molar-refractivity contribution >= 4 is 19.6 Å². The van der Waals surface area contributed by atoms with Crippen molar-refractivity contribution in [3.63, 3.8) is 0 Å². The van der Waals surface area contributed by atoms with Crippen LogP contribution in [0.5, 0.6) is 0 Å². The van der Waals surface area contributed by atoms with Crippen LogP contribution in [0.2, 0.25) is 5.82 Å². The van der Waals surface area contributed by atoms with E-state index < -0.39 is 0 Å². The van der Waals surface area contributed by atoms with E-state index in [1.165, 1.54) is 0 Å². The van der Waals surface area contributed by atoms with Gasteiger partial charge in [0, 0.05) is 0 Å². The van der Waals surface area contributed by atoms with Crippen molar-refractivity contribution in [1.82, 2.24) is 0 Å². The van der Waals surface area contributed by atoms with Gasteiger partial charge in [-0.1, -0.05) is 0 Å². The minimum absolute atomic E-state index is 0.531. The summed E-state index contributed by atoms with van der Waals surface area (Å²) < 4.78 is 6.13. The van der Waals surface area contributed by atoms with E-state index in [2.05, 4.69) is 5.82 Å². The van der Waals surface area contributed by atoms with Crippen LogP contribution in [0.3, 0.4) is 0 Å². The van der Waals surface area contributed by atoms with Crippen molar-refractivity contribution < 1.29 is 4.42 Å². The van der Waals surface area contributed by atoms with Gasteiger partial charge in [0.05, 0.1) is 0 Å². The van der Waals surface area contributed by atoms with Crippen LogP contribution in [0.1, 0.15) is 0 Å². The van der Waals surface area contributed by atoms with E-state index in [4.69, 9.17) is 4.42 Å². The molecular weight excluding hydrogens is 155 g/mol. The van der Waals surface area contributed by atoms with Gasteiger partial charge in [0.2, 0.25) is 0 Å². The Morgan fingerprint density at radius 2 is 2.57 bits per heavy atom. The van der Waals surface area contributed by atoms with Gasteiger partial charge >= 0.3 is 48.3 Å². The number of hydrogen-bond donors (Lipinski definition) is 0. The van der Waals surface area contributed by atoms with Crippen LogP contribution < -0.4 is 4.66 Å². The number of furan rings is 1.